The van der Waals surface area contributed by atoms with Gasteiger partial charge in [0.05, 0.1) is 0 Å². The van der Waals surface area contributed by atoms with Gasteiger partial charge in [-0.25, -0.2) is 0 Å². The van der Waals surface area contributed by atoms with Crippen molar-refractivity contribution < 1.29 is 0 Å². The van der Waals surface area contributed by atoms with Crippen LogP contribution in [0.5, 0.6) is 0 Å². The molecule has 0 bridgehead atoms. The second-order valence-corrected chi connectivity index (χ2v) is 9.92. The molecule has 1 heteroatoms. The number of rotatable bonds is 4. The van der Waals surface area contributed by atoms with Crippen molar-refractivity contribution >= 4 is 11.4 Å². The Labute approximate surface area is 208 Å². The van der Waals surface area contributed by atoms with E-state index in [1.54, 1.807) is 0 Å². The fourth-order valence-corrected chi connectivity index (χ4v) is 5.53. The van der Waals surface area contributed by atoms with Crippen LogP contribution in [-0.4, -0.2) is 7.05 Å². The van der Waals surface area contributed by atoms with E-state index in [1.165, 1.54) is 55.9 Å². The van der Waals surface area contributed by atoms with Crippen molar-refractivity contribution in [1.29, 1.82) is 0 Å². The molecule has 0 aromatic heterocycles. The summed E-state index contributed by atoms with van der Waals surface area (Å²) in [5, 5.41) is 0. The molecule has 0 amide bonds. The Morgan fingerprint density at radius 3 is 1.86 bits per heavy atom. The molecule has 0 unspecified atom stereocenters. The van der Waals surface area contributed by atoms with Crippen molar-refractivity contribution in [3.8, 4) is 33.4 Å². The molecule has 0 saturated carbocycles. The zero-order valence-electron chi connectivity index (χ0n) is 20.5. The van der Waals surface area contributed by atoms with Crippen molar-refractivity contribution in [2.45, 2.75) is 19.3 Å². The van der Waals surface area contributed by atoms with E-state index in [2.05, 4.69) is 147 Å². The number of para-hydroxylation sites is 1. The molecular weight excluding hydrogens is 422 g/mol. The number of benzene rings is 5. The Morgan fingerprint density at radius 2 is 1.09 bits per heavy atom. The van der Waals surface area contributed by atoms with Gasteiger partial charge in [0.15, 0.2) is 0 Å². The largest absolute Gasteiger partial charge is 0.344 e. The molecule has 0 spiro atoms. The highest BCUT2D eigenvalue weighted by atomic mass is 15.1. The van der Waals surface area contributed by atoms with Crippen LogP contribution in [0.15, 0.2) is 121 Å². The van der Waals surface area contributed by atoms with Crippen molar-refractivity contribution in [3.63, 3.8) is 0 Å². The number of hydrogen-bond donors (Lipinski definition) is 0. The van der Waals surface area contributed by atoms with Gasteiger partial charge in [-0.05, 0) is 63.2 Å². The molecule has 0 atom stereocenters. The second-order valence-electron chi connectivity index (χ2n) is 9.92. The molecular formula is C34H29N. The van der Waals surface area contributed by atoms with E-state index in [0.717, 1.165) is 0 Å². The Bertz CT molecular complexity index is 1510. The SMILES string of the molecule is CN(c1ccc(-c2ccc3c(c2)C(C)(C)c2ccccc2-3)cc1)c1ccccc1-c1ccccc1. The number of anilines is 2. The van der Waals surface area contributed by atoms with Crippen LogP contribution < -0.4 is 4.90 Å². The maximum Gasteiger partial charge on any atom is 0.0487 e. The Hall–Kier alpha value is -4.10. The molecule has 5 aromatic rings. The highest BCUT2D eigenvalue weighted by Gasteiger charge is 2.35. The maximum absolute atomic E-state index is 2.39. The summed E-state index contributed by atoms with van der Waals surface area (Å²) in [6.45, 7) is 4.67. The predicted octanol–water partition coefficient (Wildman–Crippen LogP) is 9.09. The zero-order chi connectivity index (χ0) is 24.0. The van der Waals surface area contributed by atoms with Gasteiger partial charge < -0.3 is 4.90 Å². The highest BCUT2D eigenvalue weighted by Crippen LogP contribution is 2.49. The summed E-state index contributed by atoms with van der Waals surface area (Å²) in [7, 11) is 2.14. The van der Waals surface area contributed by atoms with E-state index in [9.17, 15) is 0 Å². The number of hydrogen-bond acceptors (Lipinski definition) is 1. The zero-order valence-corrected chi connectivity index (χ0v) is 20.5. The van der Waals surface area contributed by atoms with Crippen molar-refractivity contribution in [2.24, 2.45) is 0 Å². The minimum Gasteiger partial charge on any atom is -0.344 e. The summed E-state index contributed by atoms with van der Waals surface area (Å²) in [6.07, 6.45) is 0. The minimum atomic E-state index is 0.0171. The Morgan fingerprint density at radius 1 is 0.486 bits per heavy atom. The topological polar surface area (TPSA) is 3.24 Å². The first-order valence-electron chi connectivity index (χ1n) is 12.3. The van der Waals surface area contributed by atoms with Gasteiger partial charge in [-0.2, -0.15) is 0 Å². The van der Waals surface area contributed by atoms with E-state index in [0.29, 0.717) is 0 Å². The van der Waals surface area contributed by atoms with Gasteiger partial charge in [-0.15, -0.1) is 0 Å². The van der Waals surface area contributed by atoms with Gasteiger partial charge in [-0.1, -0.05) is 111 Å². The fraction of sp³-hybridized carbons (Fsp3) is 0.118. The Balaban J connectivity index is 1.33. The first kappa shape index (κ1) is 21.4. The monoisotopic (exact) mass is 451 g/mol. The van der Waals surface area contributed by atoms with Crippen molar-refractivity contribution in [3.05, 3.63) is 132 Å². The van der Waals surface area contributed by atoms with Gasteiger partial charge in [0, 0.05) is 29.4 Å². The van der Waals surface area contributed by atoms with Crippen LogP contribution in [0, 0.1) is 0 Å². The van der Waals surface area contributed by atoms with Gasteiger partial charge >= 0.3 is 0 Å². The first-order valence-corrected chi connectivity index (χ1v) is 12.3. The van der Waals surface area contributed by atoms with Crippen LogP contribution in [-0.2, 0) is 5.41 Å². The number of nitrogens with zero attached hydrogens (tertiary/aromatic N) is 1. The third-order valence-corrected chi connectivity index (χ3v) is 7.52. The van der Waals surface area contributed by atoms with Gasteiger partial charge in [-0.3, -0.25) is 0 Å². The quantitative estimate of drug-likeness (QED) is 0.263. The molecule has 1 aliphatic carbocycles. The standard InChI is InChI=1S/C34H29N/c1-34(2)31-15-9-7-14-29(31)30-22-19-26(23-32(30)34)24-17-20-27(21-18-24)35(3)33-16-10-8-13-28(33)25-11-5-4-6-12-25/h4-23H,1-3H3. The average Bonchev–Trinajstić information content (AvgIpc) is 3.15. The first-order chi connectivity index (χ1) is 17.0. The Kier molecular flexibility index (Phi) is 5.07. The van der Waals surface area contributed by atoms with Crippen LogP contribution in [0.2, 0.25) is 0 Å². The van der Waals surface area contributed by atoms with E-state index in [-0.39, 0.29) is 5.41 Å². The van der Waals surface area contributed by atoms with Crippen LogP contribution in [0.25, 0.3) is 33.4 Å². The van der Waals surface area contributed by atoms with Gasteiger partial charge in [0.1, 0.15) is 0 Å². The fourth-order valence-electron chi connectivity index (χ4n) is 5.53. The van der Waals surface area contributed by atoms with Crippen LogP contribution in [0.1, 0.15) is 25.0 Å². The summed E-state index contributed by atoms with van der Waals surface area (Å²) in [6, 6.07) is 43.9. The second kappa shape index (κ2) is 8.29. The molecule has 1 aliphatic rings. The highest BCUT2D eigenvalue weighted by molar-refractivity contribution is 5.85. The summed E-state index contributed by atoms with van der Waals surface area (Å²) >= 11 is 0. The van der Waals surface area contributed by atoms with E-state index >= 15 is 0 Å². The minimum absolute atomic E-state index is 0.0171. The summed E-state index contributed by atoms with van der Waals surface area (Å²) < 4.78 is 0. The number of fused-ring (bicyclic) bond motifs is 3. The van der Waals surface area contributed by atoms with E-state index in [1.807, 2.05) is 0 Å². The lowest BCUT2D eigenvalue weighted by Crippen LogP contribution is -2.14. The third kappa shape index (κ3) is 3.56. The summed E-state index contributed by atoms with van der Waals surface area (Å²) in [5.41, 5.74) is 12.9. The lowest BCUT2D eigenvalue weighted by molar-refractivity contribution is 0.660. The van der Waals surface area contributed by atoms with E-state index in [4.69, 9.17) is 0 Å². The van der Waals surface area contributed by atoms with Crippen LogP contribution >= 0.6 is 0 Å². The average molecular weight is 452 g/mol. The molecule has 35 heavy (non-hydrogen) atoms. The summed E-state index contributed by atoms with van der Waals surface area (Å²) in [4.78, 5) is 2.27. The maximum atomic E-state index is 2.39. The molecule has 1 nitrogen and oxygen atoms in total. The molecule has 0 radical (unpaired) electrons. The van der Waals surface area contributed by atoms with Crippen molar-refractivity contribution in [2.75, 3.05) is 11.9 Å². The molecule has 0 heterocycles. The summed E-state index contributed by atoms with van der Waals surface area (Å²) in [5.74, 6) is 0. The van der Waals surface area contributed by atoms with Crippen molar-refractivity contribution in [1.82, 2.24) is 0 Å². The molecule has 6 rings (SSSR count). The van der Waals surface area contributed by atoms with Crippen LogP contribution in [0.3, 0.4) is 0 Å². The van der Waals surface area contributed by atoms with Crippen LogP contribution in [0.4, 0.5) is 11.4 Å². The molecule has 170 valence electrons. The molecule has 0 saturated heterocycles. The molecule has 0 aliphatic heterocycles. The molecule has 0 fully saturated rings. The lowest BCUT2D eigenvalue weighted by Gasteiger charge is -2.23. The third-order valence-electron chi connectivity index (χ3n) is 7.52. The molecule has 0 N–H and O–H groups in total. The smallest absolute Gasteiger partial charge is 0.0487 e. The normalized spacial score (nSPS) is 13.2. The molecule has 5 aromatic carbocycles. The lowest BCUT2D eigenvalue weighted by atomic mass is 9.81. The van der Waals surface area contributed by atoms with Gasteiger partial charge in [0.2, 0.25) is 0 Å². The van der Waals surface area contributed by atoms with Gasteiger partial charge in [0.25, 0.3) is 0 Å². The van der Waals surface area contributed by atoms with E-state index < -0.39 is 0 Å². The predicted molar refractivity (Wildman–Crippen MR) is 149 cm³/mol.